The van der Waals surface area contributed by atoms with Crippen molar-refractivity contribution in [3.05, 3.63) is 52.8 Å². The fourth-order valence-electron chi connectivity index (χ4n) is 3.12. The van der Waals surface area contributed by atoms with Crippen molar-refractivity contribution in [3.8, 4) is 0 Å². The second-order valence-corrected chi connectivity index (χ2v) is 6.92. The molecule has 0 saturated heterocycles. The molecule has 1 aromatic heterocycles. The molecule has 0 spiro atoms. The van der Waals surface area contributed by atoms with Gasteiger partial charge in [-0.05, 0) is 59.7 Å². The van der Waals surface area contributed by atoms with Crippen LogP contribution in [-0.2, 0) is 9.53 Å². The second-order valence-electron chi connectivity index (χ2n) is 6.92. The molecular formula is C21H26N2O4. The van der Waals surface area contributed by atoms with Gasteiger partial charge in [0.15, 0.2) is 11.9 Å². The van der Waals surface area contributed by atoms with Crippen LogP contribution in [0.4, 0.5) is 5.69 Å². The maximum absolute atomic E-state index is 12.5. The van der Waals surface area contributed by atoms with Gasteiger partial charge in [-0.1, -0.05) is 12.1 Å². The summed E-state index contributed by atoms with van der Waals surface area (Å²) in [5.41, 5.74) is 3.22. The van der Waals surface area contributed by atoms with Crippen molar-refractivity contribution in [2.75, 3.05) is 5.32 Å². The number of nitrogens with zero attached hydrogens (tertiary/aromatic N) is 1. The number of carbonyl (C=O) groups excluding carboxylic acids is 3. The number of ketones is 1. The third kappa shape index (κ3) is 4.64. The first-order chi connectivity index (χ1) is 12.6. The van der Waals surface area contributed by atoms with E-state index in [2.05, 4.69) is 9.88 Å². The zero-order valence-corrected chi connectivity index (χ0v) is 16.6. The Kier molecular flexibility index (Phi) is 6.20. The SMILES string of the molecule is CC(=O)c1cccc(NC(=O)[C@@H](C)OC(=O)c2cc(C)n(C(C)C)c2C)c1. The van der Waals surface area contributed by atoms with Crippen LogP contribution < -0.4 is 5.32 Å². The number of ether oxygens (including phenoxy) is 1. The van der Waals surface area contributed by atoms with Crippen LogP contribution in [0.1, 0.15) is 65.8 Å². The van der Waals surface area contributed by atoms with Crippen LogP contribution in [0.15, 0.2) is 30.3 Å². The van der Waals surface area contributed by atoms with Crippen LogP contribution in [0.25, 0.3) is 0 Å². The van der Waals surface area contributed by atoms with E-state index in [1.807, 2.05) is 27.7 Å². The molecule has 0 fully saturated rings. The number of Topliss-reactive ketones (excluding diaryl/α,β-unsaturated/α-hetero) is 1. The van der Waals surface area contributed by atoms with Gasteiger partial charge < -0.3 is 14.6 Å². The Labute approximate surface area is 159 Å². The fourth-order valence-corrected chi connectivity index (χ4v) is 3.12. The van der Waals surface area contributed by atoms with Gasteiger partial charge in [0.05, 0.1) is 5.56 Å². The van der Waals surface area contributed by atoms with E-state index in [0.29, 0.717) is 16.8 Å². The highest BCUT2D eigenvalue weighted by Crippen LogP contribution is 2.21. The highest BCUT2D eigenvalue weighted by Gasteiger charge is 2.23. The zero-order chi connectivity index (χ0) is 20.3. The third-order valence-corrected chi connectivity index (χ3v) is 4.41. The van der Waals surface area contributed by atoms with E-state index in [9.17, 15) is 14.4 Å². The van der Waals surface area contributed by atoms with Gasteiger partial charge in [-0.3, -0.25) is 9.59 Å². The average molecular weight is 370 g/mol. The summed E-state index contributed by atoms with van der Waals surface area (Å²) in [6.07, 6.45) is -0.972. The molecule has 6 heteroatoms. The molecule has 0 unspecified atom stereocenters. The van der Waals surface area contributed by atoms with Gasteiger partial charge in [-0.25, -0.2) is 4.79 Å². The van der Waals surface area contributed by atoms with Gasteiger partial charge in [0.1, 0.15) is 0 Å². The lowest BCUT2D eigenvalue weighted by Gasteiger charge is -2.15. The van der Waals surface area contributed by atoms with Crippen LogP contribution in [-0.4, -0.2) is 28.3 Å². The maximum atomic E-state index is 12.5. The highest BCUT2D eigenvalue weighted by atomic mass is 16.5. The summed E-state index contributed by atoms with van der Waals surface area (Å²) in [5, 5.41) is 2.67. The predicted molar refractivity (Wildman–Crippen MR) is 104 cm³/mol. The molecule has 27 heavy (non-hydrogen) atoms. The van der Waals surface area contributed by atoms with Gasteiger partial charge in [0.2, 0.25) is 0 Å². The Morgan fingerprint density at radius 3 is 2.30 bits per heavy atom. The smallest absolute Gasteiger partial charge is 0.340 e. The molecule has 0 aliphatic rings. The number of benzene rings is 1. The van der Waals surface area contributed by atoms with E-state index in [0.717, 1.165) is 11.4 Å². The summed E-state index contributed by atoms with van der Waals surface area (Å²) in [6, 6.07) is 8.62. The van der Waals surface area contributed by atoms with Crippen molar-refractivity contribution in [2.24, 2.45) is 0 Å². The Morgan fingerprint density at radius 1 is 1.07 bits per heavy atom. The Morgan fingerprint density at radius 2 is 1.74 bits per heavy atom. The first-order valence-electron chi connectivity index (χ1n) is 8.93. The number of aryl methyl sites for hydroxylation is 1. The van der Waals surface area contributed by atoms with E-state index in [4.69, 9.17) is 4.74 Å². The lowest BCUT2D eigenvalue weighted by atomic mass is 10.1. The van der Waals surface area contributed by atoms with Gasteiger partial charge in [-0.15, -0.1) is 0 Å². The number of amides is 1. The first-order valence-corrected chi connectivity index (χ1v) is 8.93. The van der Waals surface area contributed by atoms with Crippen molar-refractivity contribution in [2.45, 2.75) is 53.7 Å². The van der Waals surface area contributed by atoms with Crippen molar-refractivity contribution in [1.82, 2.24) is 4.57 Å². The van der Waals surface area contributed by atoms with Crippen LogP contribution in [0.3, 0.4) is 0 Å². The third-order valence-electron chi connectivity index (χ3n) is 4.41. The number of nitrogens with one attached hydrogen (secondary N) is 1. The molecule has 0 aliphatic heterocycles. The lowest BCUT2D eigenvalue weighted by molar-refractivity contribution is -0.123. The van der Waals surface area contributed by atoms with E-state index >= 15 is 0 Å². The first kappa shape index (κ1) is 20.4. The van der Waals surface area contributed by atoms with Gasteiger partial charge in [0.25, 0.3) is 5.91 Å². The molecule has 1 atom stereocenters. The highest BCUT2D eigenvalue weighted by molar-refractivity contribution is 5.99. The Balaban J connectivity index is 2.08. The minimum Gasteiger partial charge on any atom is -0.449 e. The Bertz CT molecular complexity index is 880. The van der Waals surface area contributed by atoms with E-state index in [1.54, 1.807) is 30.3 Å². The van der Waals surface area contributed by atoms with Crippen LogP contribution in [0.2, 0.25) is 0 Å². The number of carbonyl (C=O) groups is 3. The molecule has 144 valence electrons. The molecular weight excluding hydrogens is 344 g/mol. The van der Waals surface area contributed by atoms with Crippen molar-refractivity contribution < 1.29 is 19.1 Å². The maximum Gasteiger partial charge on any atom is 0.340 e. The number of anilines is 1. The monoisotopic (exact) mass is 370 g/mol. The quantitative estimate of drug-likeness (QED) is 0.614. The zero-order valence-electron chi connectivity index (χ0n) is 16.6. The lowest BCUT2D eigenvalue weighted by Crippen LogP contribution is -2.30. The van der Waals surface area contributed by atoms with Crippen LogP contribution >= 0.6 is 0 Å². The molecule has 0 radical (unpaired) electrons. The average Bonchev–Trinajstić information content (AvgIpc) is 2.89. The second kappa shape index (κ2) is 8.20. The number of rotatable bonds is 6. The minimum atomic E-state index is -0.972. The molecule has 1 N–H and O–H groups in total. The molecule has 2 aromatic rings. The summed E-state index contributed by atoms with van der Waals surface area (Å²) in [4.78, 5) is 36.3. The summed E-state index contributed by atoms with van der Waals surface area (Å²) in [7, 11) is 0. The number of aromatic nitrogens is 1. The predicted octanol–water partition coefficient (Wildman–Crippen LogP) is 4.07. The summed E-state index contributed by atoms with van der Waals surface area (Å²) in [5.74, 6) is -1.08. The van der Waals surface area contributed by atoms with Crippen molar-refractivity contribution >= 4 is 23.3 Å². The normalized spacial score (nSPS) is 12.0. The van der Waals surface area contributed by atoms with Gasteiger partial charge >= 0.3 is 5.97 Å². The molecule has 1 amide bonds. The van der Waals surface area contributed by atoms with E-state index in [1.165, 1.54) is 13.8 Å². The van der Waals surface area contributed by atoms with E-state index in [-0.39, 0.29) is 11.8 Å². The molecule has 0 saturated carbocycles. The molecule has 6 nitrogen and oxygen atoms in total. The topological polar surface area (TPSA) is 77.4 Å². The summed E-state index contributed by atoms with van der Waals surface area (Å²) in [6.45, 7) is 10.9. The van der Waals surface area contributed by atoms with Gasteiger partial charge in [0, 0.05) is 28.7 Å². The van der Waals surface area contributed by atoms with Crippen molar-refractivity contribution in [3.63, 3.8) is 0 Å². The molecule has 0 aliphatic carbocycles. The molecule has 1 heterocycles. The molecule has 2 rings (SSSR count). The van der Waals surface area contributed by atoms with Gasteiger partial charge in [-0.2, -0.15) is 0 Å². The van der Waals surface area contributed by atoms with Crippen molar-refractivity contribution in [1.29, 1.82) is 0 Å². The number of hydrogen-bond acceptors (Lipinski definition) is 4. The molecule has 0 bridgehead atoms. The van der Waals surface area contributed by atoms with E-state index < -0.39 is 18.0 Å². The van der Waals surface area contributed by atoms with Crippen LogP contribution in [0.5, 0.6) is 0 Å². The number of esters is 1. The van der Waals surface area contributed by atoms with Crippen LogP contribution in [0, 0.1) is 13.8 Å². The Hall–Kier alpha value is -2.89. The fraction of sp³-hybridized carbons (Fsp3) is 0.381. The minimum absolute atomic E-state index is 0.0916. The molecule has 1 aromatic carbocycles. The number of hydrogen-bond donors (Lipinski definition) is 1. The largest absolute Gasteiger partial charge is 0.449 e. The summed E-state index contributed by atoms with van der Waals surface area (Å²) >= 11 is 0. The summed E-state index contributed by atoms with van der Waals surface area (Å²) < 4.78 is 7.40. The standard InChI is InChI=1S/C21H26N2O4/c1-12(2)23-13(3)10-19(14(23)4)21(26)27-16(6)20(25)22-18-9-7-8-17(11-18)15(5)24/h7-12,16H,1-6H3,(H,22,25)/t16-/m1/s1.